The third-order valence-electron chi connectivity index (χ3n) is 9.76. The molecule has 238 valence electrons. The Morgan fingerprint density at radius 2 is 0.863 bits per heavy atom. The van der Waals surface area contributed by atoms with Crippen LogP contribution in [0, 0.1) is 0 Å². The number of furan rings is 1. The molecule has 0 amide bonds. The molecule has 0 N–H and O–H groups in total. The molecule has 10 rings (SSSR count). The van der Waals surface area contributed by atoms with E-state index in [1.807, 2.05) is 60.7 Å². The summed E-state index contributed by atoms with van der Waals surface area (Å²) in [6.45, 7) is 0. The lowest BCUT2D eigenvalue weighted by molar-refractivity contribution is 0.669. The first-order valence-corrected chi connectivity index (χ1v) is 17.1. The Morgan fingerprint density at radius 1 is 0.314 bits per heavy atom. The van der Waals surface area contributed by atoms with Crippen molar-refractivity contribution in [1.82, 2.24) is 15.0 Å². The van der Waals surface area contributed by atoms with Gasteiger partial charge in [-0.2, -0.15) is 0 Å². The van der Waals surface area contributed by atoms with Crippen molar-refractivity contribution in [2.45, 2.75) is 0 Å². The molecule has 10 aromatic rings. The molecule has 8 aromatic carbocycles. The zero-order valence-corrected chi connectivity index (χ0v) is 27.5. The van der Waals surface area contributed by atoms with Gasteiger partial charge >= 0.3 is 0 Å². The van der Waals surface area contributed by atoms with Crippen molar-refractivity contribution >= 4 is 43.5 Å². The van der Waals surface area contributed by atoms with Gasteiger partial charge in [-0.25, -0.2) is 15.0 Å². The molecule has 0 bridgehead atoms. The number of fused-ring (bicyclic) bond motifs is 5. The van der Waals surface area contributed by atoms with Crippen molar-refractivity contribution in [3.05, 3.63) is 176 Å². The summed E-state index contributed by atoms with van der Waals surface area (Å²) >= 11 is 0. The molecular formula is C47H29N3O. The summed E-state index contributed by atoms with van der Waals surface area (Å²) in [6.07, 6.45) is 0. The van der Waals surface area contributed by atoms with Crippen LogP contribution in [0.4, 0.5) is 0 Å². The molecule has 0 radical (unpaired) electrons. The van der Waals surface area contributed by atoms with Gasteiger partial charge in [0.25, 0.3) is 0 Å². The molecule has 2 aromatic heterocycles. The second-order valence-corrected chi connectivity index (χ2v) is 12.7. The van der Waals surface area contributed by atoms with Gasteiger partial charge in [0.2, 0.25) is 0 Å². The highest BCUT2D eigenvalue weighted by Gasteiger charge is 2.20. The Bertz CT molecular complexity index is 2910. The molecule has 0 fully saturated rings. The van der Waals surface area contributed by atoms with Gasteiger partial charge in [-0.3, -0.25) is 0 Å². The summed E-state index contributed by atoms with van der Waals surface area (Å²) in [5.41, 5.74) is 9.17. The predicted molar refractivity (Wildman–Crippen MR) is 209 cm³/mol. The van der Waals surface area contributed by atoms with Crippen LogP contribution in [0.5, 0.6) is 0 Å². The van der Waals surface area contributed by atoms with Crippen LogP contribution in [-0.4, -0.2) is 15.0 Å². The van der Waals surface area contributed by atoms with Gasteiger partial charge in [0.15, 0.2) is 17.5 Å². The summed E-state index contributed by atoms with van der Waals surface area (Å²) in [6, 6.07) is 61.1. The maximum atomic E-state index is 6.26. The van der Waals surface area contributed by atoms with Gasteiger partial charge in [-0.15, -0.1) is 0 Å². The molecule has 0 saturated carbocycles. The fraction of sp³-hybridized carbons (Fsp3) is 0. The van der Waals surface area contributed by atoms with E-state index >= 15 is 0 Å². The minimum atomic E-state index is 0.601. The lowest BCUT2D eigenvalue weighted by Gasteiger charge is -2.17. The molecular weight excluding hydrogens is 623 g/mol. The Morgan fingerprint density at radius 3 is 1.67 bits per heavy atom. The zero-order chi connectivity index (χ0) is 33.7. The van der Waals surface area contributed by atoms with Crippen LogP contribution in [0.3, 0.4) is 0 Å². The van der Waals surface area contributed by atoms with E-state index in [0.29, 0.717) is 17.5 Å². The number of hydrogen-bond donors (Lipinski definition) is 0. The quantitative estimate of drug-likeness (QED) is 0.186. The van der Waals surface area contributed by atoms with Gasteiger partial charge in [-0.1, -0.05) is 164 Å². The molecule has 4 nitrogen and oxygen atoms in total. The van der Waals surface area contributed by atoms with Gasteiger partial charge in [0, 0.05) is 27.5 Å². The standard InChI is InChI=1S/C47H29N3O/c1-3-14-30(15-4-1)34-29-28-31-16-7-8-19-33(31)43(34)37-23-11-22-36-35(37)21-12-24-38(36)46-48-45(32-17-5-2-6-18-32)49-47(50-46)40-25-13-27-42-44(40)39-20-9-10-26-41(39)51-42/h1-29H. The van der Waals surface area contributed by atoms with E-state index in [1.165, 1.54) is 27.5 Å². The highest BCUT2D eigenvalue weighted by molar-refractivity contribution is 6.14. The van der Waals surface area contributed by atoms with Gasteiger partial charge < -0.3 is 4.42 Å². The van der Waals surface area contributed by atoms with Crippen molar-refractivity contribution in [2.24, 2.45) is 0 Å². The lowest BCUT2D eigenvalue weighted by Crippen LogP contribution is -2.01. The Hall–Kier alpha value is -6.91. The second-order valence-electron chi connectivity index (χ2n) is 12.7. The van der Waals surface area contributed by atoms with Crippen LogP contribution in [0.25, 0.3) is 99.9 Å². The van der Waals surface area contributed by atoms with Crippen molar-refractivity contribution in [3.8, 4) is 56.4 Å². The third-order valence-corrected chi connectivity index (χ3v) is 9.76. The SMILES string of the molecule is c1ccc(-c2nc(-c3cccc4c(-c5c(-c6ccccc6)ccc6ccccc56)cccc34)nc(-c3cccc4oc5ccccc5c34)n2)cc1. The smallest absolute Gasteiger partial charge is 0.164 e. The molecule has 51 heavy (non-hydrogen) atoms. The first-order chi connectivity index (χ1) is 25.3. The zero-order valence-electron chi connectivity index (χ0n) is 27.5. The molecule has 0 saturated heterocycles. The largest absolute Gasteiger partial charge is 0.456 e. The average molecular weight is 652 g/mol. The maximum absolute atomic E-state index is 6.26. The minimum Gasteiger partial charge on any atom is -0.456 e. The van der Waals surface area contributed by atoms with Crippen LogP contribution in [0.1, 0.15) is 0 Å². The van der Waals surface area contributed by atoms with Crippen molar-refractivity contribution in [1.29, 1.82) is 0 Å². The molecule has 0 aliphatic heterocycles. The van der Waals surface area contributed by atoms with Crippen LogP contribution >= 0.6 is 0 Å². The summed E-state index contributed by atoms with van der Waals surface area (Å²) in [5.74, 6) is 1.84. The highest BCUT2D eigenvalue weighted by Crippen LogP contribution is 2.43. The van der Waals surface area contributed by atoms with Gasteiger partial charge in [0.1, 0.15) is 11.2 Å². The fourth-order valence-electron chi connectivity index (χ4n) is 7.44. The van der Waals surface area contributed by atoms with E-state index < -0.39 is 0 Å². The normalized spacial score (nSPS) is 11.5. The molecule has 0 aliphatic carbocycles. The summed E-state index contributed by atoms with van der Waals surface area (Å²) < 4.78 is 6.26. The average Bonchev–Trinajstić information content (AvgIpc) is 3.59. The van der Waals surface area contributed by atoms with E-state index in [-0.39, 0.29) is 0 Å². The second kappa shape index (κ2) is 11.9. The van der Waals surface area contributed by atoms with Gasteiger partial charge in [0.05, 0.1) is 0 Å². The maximum Gasteiger partial charge on any atom is 0.164 e. The summed E-state index contributed by atoms with van der Waals surface area (Å²) in [7, 11) is 0. The Kier molecular flexibility index (Phi) is 6.78. The number of aromatic nitrogens is 3. The van der Waals surface area contributed by atoms with E-state index in [9.17, 15) is 0 Å². The lowest BCUT2D eigenvalue weighted by atomic mass is 9.87. The van der Waals surface area contributed by atoms with Crippen molar-refractivity contribution < 1.29 is 4.42 Å². The van der Waals surface area contributed by atoms with Crippen LogP contribution in [0.15, 0.2) is 180 Å². The monoisotopic (exact) mass is 651 g/mol. The molecule has 0 atom stereocenters. The van der Waals surface area contributed by atoms with E-state index in [0.717, 1.165) is 55.0 Å². The number of nitrogens with zero attached hydrogens (tertiary/aromatic N) is 3. The Balaban J connectivity index is 1.24. The van der Waals surface area contributed by atoms with E-state index in [4.69, 9.17) is 19.4 Å². The van der Waals surface area contributed by atoms with Crippen LogP contribution in [-0.2, 0) is 0 Å². The number of rotatable bonds is 5. The van der Waals surface area contributed by atoms with Crippen molar-refractivity contribution in [2.75, 3.05) is 0 Å². The molecule has 0 aliphatic rings. The number of hydrogen-bond acceptors (Lipinski definition) is 4. The third kappa shape index (κ3) is 4.88. The predicted octanol–water partition coefficient (Wildman–Crippen LogP) is 12.4. The highest BCUT2D eigenvalue weighted by atomic mass is 16.3. The van der Waals surface area contributed by atoms with Crippen LogP contribution < -0.4 is 0 Å². The fourth-order valence-corrected chi connectivity index (χ4v) is 7.44. The Labute approximate surface area is 294 Å². The first kappa shape index (κ1) is 29.0. The van der Waals surface area contributed by atoms with E-state index in [1.54, 1.807) is 0 Å². The molecule has 0 unspecified atom stereocenters. The molecule has 4 heteroatoms. The van der Waals surface area contributed by atoms with Gasteiger partial charge in [-0.05, 0) is 55.9 Å². The topological polar surface area (TPSA) is 51.8 Å². The first-order valence-electron chi connectivity index (χ1n) is 17.1. The number of para-hydroxylation sites is 1. The minimum absolute atomic E-state index is 0.601. The summed E-state index contributed by atoms with van der Waals surface area (Å²) in [4.78, 5) is 15.5. The molecule has 2 heterocycles. The van der Waals surface area contributed by atoms with Crippen LogP contribution in [0.2, 0.25) is 0 Å². The van der Waals surface area contributed by atoms with E-state index in [2.05, 4.69) is 115 Å². The molecule has 0 spiro atoms. The number of benzene rings is 8. The van der Waals surface area contributed by atoms with Crippen molar-refractivity contribution in [3.63, 3.8) is 0 Å². The summed E-state index contributed by atoms with van der Waals surface area (Å²) in [5, 5.41) is 6.65.